The summed E-state index contributed by atoms with van der Waals surface area (Å²) in [6.07, 6.45) is 7.34. The molecule has 0 spiro atoms. The summed E-state index contributed by atoms with van der Waals surface area (Å²) < 4.78 is 1.70. The first kappa shape index (κ1) is 26.7. The van der Waals surface area contributed by atoms with Crippen molar-refractivity contribution in [1.82, 2.24) is 35.1 Å². The van der Waals surface area contributed by atoms with Gasteiger partial charge in [0.2, 0.25) is 17.7 Å². The molecule has 11 heteroatoms. The zero-order chi connectivity index (χ0) is 27.4. The molecule has 0 aliphatic carbocycles. The van der Waals surface area contributed by atoms with Crippen LogP contribution in [0.25, 0.3) is 11.0 Å². The van der Waals surface area contributed by atoms with E-state index in [-0.39, 0.29) is 36.5 Å². The zero-order valence-corrected chi connectivity index (χ0v) is 22.3. The van der Waals surface area contributed by atoms with Gasteiger partial charge in [-0.3, -0.25) is 19.4 Å². The number of likely N-dealkylation sites (tertiary alicyclic amines) is 2. The first-order valence-corrected chi connectivity index (χ1v) is 13.7. The lowest BCUT2D eigenvalue weighted by atomic mass is 9.97. The first-order chi connectivity index (χ1) is 18.9. The molecule has 2 saturated heterocycles. The van der Waals surface area contributed by atoms with E-state index in [1.807, 2.05) is 48.5 Å². The minimum atomic E-state index is -0.831. The molecule has 39 heavy (non-hydrogen) atoms. The predicted molar refractivity (Wildman–Crippen MR) is 145 cm³/mol. The summed E-state index contributed by atoms with van der Waals surface area (Å²) in [6, 6.07) is 8.20. The highest BCUT2D eigenvalue weighted by molar-refractivity contribution is 5.90. The molecule has 2 aromatic heterocycles. The summed E-state index contributed by atoms with van der Waals surface area (Å²) in [4.78, 5) is 47.0. The number of nitrogens with two attached hydrogens (primary N) is 1. The highest BCUT2D eigenvalue weighted by Gasteiger charge is 2.41. The molecule has 0 saturated carbocycles. The molecule has 0 bridgehead atoms. The van der Waals surface area contributed by atoms with Crippen LogP contribution in [0.2, 0.25) is 0 Å². The van der Waals surface area contributed by atoms with E-state index >= 15 is 0 Å². The molecule has 11 nitrogen and oxygen atoms in total. The third kappa shape index (κ3) is 6.25. The highest BCUT2D eigenvalue weighted by atomic mass is 16.2. The van der Waals surface area contributed by atoms with E-state index in [4.69, 9.17) is 5.73 Å². The van der Waals surface area contributed by atoms with Crippen molar-refractivity contribution in [3.8, 4) is 0 Å². The quantitative estimate of drug-likeness (QED) is 0.422. The number of aromatic nitrogens is 4. The topological polar surface area (TPSA) is 139 Å². The molecule has 3 N–H and O–H groups in total. The van der Waals surface area contributed by atoms with Crippen LogP contribution in [-0.4, -0.2) is 79.2 Å². The average molecular weight is 533 g/mol. The van der Waals surface area contributed by atoms with Gasteiger partial charge in [-0.05, 0) is 67.3 Å². The third-order valence-corrected chi connectivity index (χ3v) is 7.81. The fraction of sp³-hybridized carbons (Fsp3) is 0.500. The molecule has 1 aromatic carbocycles. The number of amides is 3. The summed E-state index contributed by atoms with van der Waals surface area (Å²) >= 11 is 0. The minimum Gasteiger partial charge on any atom is -0.350 e. The average Bonchev–Trinajstić information content (AvgIpc) is 3.71. The number of hydrogen-bond acceptors (Lipinski definition) is 7. The van der Waals surface area contributed by atoms with E-state index in [0.717, 1.165) is 48.1 Å². The van der Waals surface area contributed by atoms with Crippen molar-refractivity contribution in [2.75, 3.05) is 19.6 Å². The molecule has 3 amide bonds. The van der Waals surface area contributed by atoms with Crippen LogP contribution in [0.5, 0.6) is 0 Å². The maximum Gasteiger partial charge on any atom is 0.243 e. The Hall–Kier alpha value is -3.86. The summed E-state index contributed by atoms with van der Waals surface area (Å²) in [5.74, 6) is -0.347. The molecule has 4 heterocycles. The number of fused-ring (bicyclic) bond motifs is 1. The van der Waals surface area contributed by atoms with Crippen LogP contribution in [0, 0.1) is 5.92 Å². The summed E-state index contributed by atoms with van der Waals surface area (Å²) in [5.41, 5.74) is 9.94. The van der Waals surface area contributed by atoms with Crippen molar-refractivity contribution in [2.24, 2.45) is 18.7 Å². The Morgan fingerprint density at radius 2 is 1.97 bits per heavy atom. The molecule has 0 radical (unpaired) electrons. The van der Waals surface area contributed by atoms with Gasteiger partial charge < -0.3 is 20.9 Å². The van der Waals surface area contributed by atoms with Gasteiger partial charge in [0, 0.05) is 52.0 Å². The van der Waals surface area contributed by atoms with Gasteiger partial charge in [0.25, 0.3) is 0 Å². The molecule has 206 valence electrons. The molecule has 3 atom stereocenters. The van der Waals surface area contributed by atoms with Gasteiger partial charge in [-0.1, -0.05) is 17.3 Å². The molecular formula is C28H36N8O3. The van der Waals surface area contributed by atoms with Gasteiger partial charge >= 0.3 is 0 Å². The van der Waals surface area contributed by atoms with E-state index < -0.39 is 12.1 Å². The lowest BCUT2D eigenvalue weighted by molar-refractivity contribution is -0.140. The van der Waals surface area contributed by atoms with Crippen LogP contribution in [0.3, 0.4) is 0 Å². The largest absolute Gasteiger partial charge is 0.350 e. The smallest absolute Gasteiger partial charge is 0.243 e. The normalized spacial score (nSPS) is 19.9. The highest BCUT2D eigenvalue weighted by Crippen LogP contribution is 2.28. The van der Waals surface area contributed by atoms with Gasteiger partial charge in [-0.15, -0.1) is 5.10 Å². The molecule has 2 aliphatic heterocycles. The summed E-state index contributed by atoms with van der Waals surface area (Å²) in [6.45, 7) is 2.30. The minimum absolute atomic E-state index is 0.0426. The van der Waals surface area contributed by atoms with Crippen LogP contribution in [0.15, 0.2) is 42.7 Å². The number of hydrogen-bond donors (Lipinski definition) is 2. The fourth-order valence-corrected chi connectivity index (χ4v) is 5.66. The number of benzene rings is 1. The zero-order valence-electron chi connectivity index (χ0n) is 22.3. The summed E-state index contributed by atoms with van der Waals surface area (Å²) in [7, 11) is 1.83. The van der Waals surface area contributed by atoms with E-state index in [9.17, 15) is 14.4 Å². The number of aryl methyl sites for hydroxylation is 1. The number of carbonyl (C=O) groups is 3. The van der Waals surface area contributed by atoms with Gasteiger partial charge in [0.15, 0.2) is 0 Å². The van der Waals surface area contributed by atoms with E-state index in [1.165, 1.54) is 0 Å². The van der Waals surface area contributed by atoms with Gasteiger partial charge in [0.1, 0.15) is 11.6 Å². The molecular weight excluding hydrogens is 496 g/mol. The van der Waals surface area contributed by atoms with Crippen LogP contribution < -0.4 is 11.1 Å². The maximum atomic E-state index is 13.5. The van der Waals surface area contributed by atoms with E-state index in [2.05, 4.69) is 20.6 Å². The Morgan fingerprint density at radius 3 is 2.74 bits per heavy atom. The van der Waals surface area contributed by atoms with Crippen molar-refractivity contribution in [1.29, 1.82) is 0 Å². The Morgan fingerprint density at radius 1 is 1.15 bits per heavy atom. The van der Waals surface area contributed by atoms with Crippen LogP contribution >= 0.6 is 0 Å². The van der Waals surface area contributed by atoms with Crippen LogP contribution in [0.4, 0.5) is 0 Å². The first-order valence-electron chi connectivity index (χ1n) is 13.7. The van der Waals surface area contributed by atoms with E-state index in [1.54, 1.807) is 15.8 Å². The second-order valence-electron chi connectivity index (χ2n) is 10.7. The van der Waals surface area contributed by atoms with Gasteiger partial charge in [-0.25, -0.2) is 4.68 Å². The van der Waals surface area contributed by atoms with E-state index in [0.29, 0.717) is 25.9 Å². The van der Waals surface area contributed by atoms with Gasteiger partial charge in [0.05, 0.1) is 11.6 Å². The molecule has 2 aliphatic rings. The van der Waals surface area contributed by atoms with Crippen molar-refractivity contribution in [3.63, 3.8) is 0 Å². The Kier molecular flexibility index (Phi) is 8.16. The lowest BCUT2D eigenvalue weighted by Gasteiger charge is -2.27. The lowest BCUT2D eigenvalue weighted by Crippen LogP contribution is -2.51. The standard InChI is InChI=1S/C28H36N8O3/c1-34-24-8-6-20(14-23(24)32-33-34)17-31-27(38)25-15-21(13-19-5-4-10-30-16-19)18-36(25)28(39)22(29)7-9-26(37)35-11-2-3-12-35/h4-6,8,10,14,16,21-22,25H,2-3,7,9,11-13,15,17-18,29H2,1H3,(H,31,38). The number of pyridine rings is 1. The number of rotatable bonds is 9. The van der Waals surface area contributed by atoms with Crippen molar-refractivity contribution >= 4 is 28.8 Å². The number of carbonyl (C=O) groups excluding carboxylic acids is 3. The predicted octanol–water partition coefficient (Wildman–Crippen LogP) is 1.17. The number of nitrogens with zero attached hydrogens (tertiary/aromatic N) is 6. The number of nitrogens with one attached hydrogen (secondary N) is 1. The van der Waals surface area contributed by atoms with Crippen molar-refractivity contribution < 1.29 is 14.4 Å². The Balaban J connectivity index is 1.24. The fourth-order valence-electron chi connectivity index (χ4n) is 5.66. The van der Waals surface area contributed by atoms with Crippen LogP contribution in [0.1, 0.15) is 43.2 Å². The van der Waals surface area contributed by atoms with Crippen molar-refractivity contribution in [2.45, 2.75) is 57.2 Å². The van der Waals surface area contributed by atoms with Gasteiger partial charge in [-0.2, -0.15) is 0 Å². The van der Waals surface area contributed by atoms with Crippen LogP contribution in [-0.2, 0) is 34.4 Å². The Labute approximate surface area is 227 Å². The second-order valence-corrected chi connectivity index (χ2v) is 10.7. The molecule has 3 unspecified atom stereocenters. The second kappa shape index (κ2) is 11.9. The van der Waals surface area contributed by atoms with Crippen molar-refractivity contribution in [3.05, 3.63) is 53.9 Å². The Bertz CT molecular complexity index is 1320. The summed E-state index contributed by atoms with van der Waals surface area (Å²) in [5, 5.41) is 11.2. The monoisotopic (exact) mass is 532 g/mol. The third-order valence-electron chi connectivity index (χ3n) is 7.81. The SMILES string of the molecule is Cn1nnc2cc(CNC(=O)C3CC(Cc4cccnc4)CN3C(=O)C(N)CCC(=O)N3CCCC3)ccc21. The maximum absolute atomic E-state index is 13.5. The molecule has 3 aromatic rings. The molecule has 5 rings (SSSR count). The molecule has 2 fully saturated rings.